The summed E-state index contributed by atoms with van der Waals surface area (Å²) in [6, 6.07) is 3.28. The lowest BCUT2D eigenvalue weighted by atomic mass is 9.99. The van der Waals surface area contributed by atoms with Crippen molar-refractivity contribution in [2.24, 2.45) is 17.6 Å². The number of aromatic nitrogens is 1. The first-order chi connectivity index (χ1) is 9.02. The zero-order chi connectivity index (χ0) is 14.0. The van der Waals surface area contributed by atoms with Gasteiger partial charge in [-0.05, 0) is 18.1 Å². The summed E-state index contributed by atoms with van der Waals surface area (Å²) < 4.78 is 0. The van der Waals surface area contributed by atoms with Crippen molar-refractivity contribution in [2.45, 2.75) is 13.5 Å². The molecule has 0 bridgehead atoms. The van der Waals surface area contributed by atoms with Crippen LogP contribution in [0.2, 0.25) is 0 Å². The third-order valence-corrected chi connectivity index (χ3v) is 3.49. The SMILES string of the molecule is CC1CN(C(=O)c2ccnc(CN)c2)CC1C(=O)O. The number of hydrogen-bond donors (Lipinski definition) is 2. The molecule has 1 fully saturated rings. The lowest BCUT2D eigenvalue weighted by Crippen LogP contribution is -2.30. The van der Waals surface area contributed by atoms with E-state index >= 15 is 0 Å². The highest BCUT2D eigenvalue weighted by atomic mass is 16.4. The van der Waals surface area contributed by atoms with Crippen LogP contribution in [-0.2, 0) is 11.3 Å². The molecule has 2 unspecified atom stereocenters. The summed E-state index contributed by atoms with van der Waals surface area (Å²) in [5.74, 6) is -1.52. The molecule has 0 radical (unpaired) electrons. The van der Waals surface area contributed by atoms with Gasteiger partial charge in [-0.2, -0.15) is 0 Å². The first kappa shape index (κ1) is 13.5. The lowest BCUT2D eigenvalue weighted by molar-refractivity contribution is -0.142. The molecule has 1 aromatic heterocycles. The Morgan fingerprint density at radius 1 is 1.53 bits per heavy atom. The molecule has 1 aliphatic heterocycles. The Balaban J connectivity index is 2.14. The molecule has 2 atom stereocenters. The predicted molar refractivity (Wildman–Crippen MR) is 68.3 cm³/mol. The van der Waals surface area contributed by atoms with Gasteiger partial charge in [-0.3, -0.25) is 14.6 Å². The van der Waals surface area contributed by atoms with Crippen molar-refractivity contribution in [1.82, 2.24) is 9.88 Å². The molecule has 1 aromatic rings. The van der Waals surface area contributed by atoms with Crippen LogP contribution in [0.1, 0.15) is 23.0 Å². The van der Waals surface area contributed by atoms with E-state index in [1.54, 1.807) is 23.2 Å². The van der Waals surface area contributed by atoms with Crippen LogP contribution >= 0.6 is 0 Å². The standard InChI is InChI=1S/C13H17N3O3/c1-8-6-16(7-11(8)13(18)19)12(17)9-2-3-15-10(4-9)5-14/h2-4,8,11H,5-7,14H2,1H3,(H,18,19). The summed E-state index contributed by atoms with van der Waals surface area (Å²) in [6.07, 6.45) is 1.55. The molecule has 2 rings (SSSR count). The number of pyridine rings is 1. The maximum atomic E-state index is 12.3. The number of nitrogens with zero attached hydrogens (tertiary/aromatic N) is 2. The van der Waals surface area contributed by atoms with Crippen LogP contribution in [0.3, 0.4) is 0 Å². The molecule has 0 aromatic carbocycles. The van der Waals surface area contributed by atoms with Crippen molar-refractivity contribution < 1.29 is 14.7 Å². The second-order valence-electron chi connectivity index (χ2n) is 4.87. The van der Waals surface area contributed by atoms with Gasteiger partial charge in [-0.1, -0.05) is 6.92 Å². The molecule has 6 heteroatoms. The van der Waals surface area contributed by atoms with Gasteiger partial charge in [0.15, 0.2) is 0 Å². The van der Waals surface area contributed by atoms with Gasteiger partial charge in [0.05, 0.1) is 11.6 Å². The lowest BCUT2D eigenvalue weighted by Gasteiger charge is -2.16. The third kappa shape index (κ3) is 2.73. The van der Waals surface area contributed by atoms with E-state index in [0.29, 0.717) is 17.8 Å². The molecular formula is C13H17N3O3. The number of hydrogen-bond acceptors (Lipinski definition) is 4. The highest BCUT2D eigenvalue weighted by Crippen LogP contribution is 2.24. The van der Waals surface area contributed by atoms with E-state index in [2.05, 4.69) is 4.98 Å². The van der Waals surface area contributed by atoms with Crippen LogP contribution < -0.4 is 5.73 Å². The van der Waals surface area contributed by atoms with Crippen molar-refractivity contribution >= 4 is 11.9 Å². The quantitative estimate of drug-likeness (QED) is 0.819. The number of carbonyl (C=O) groups is 2. The number of aliphatic carboxylic acids is 1. The van der Waals surface area contributed by atoms with Gasteiger partial charge >= 0.3 is 5.97 Å². The zero-order valence-electron chi connectivity index (χ0n) is 10.7. The Morgan fingerprint density at radius 3 is 2.84 bits per heavy atom. The monoisotopic (exact) mass is 263 g/mol. The fourth-order valence-electron chi connectivity index (χ4n) is 2.36. The topological polar surface area (TPSA) is 96.5 Å². The average molecular weight is 263 g/mol. The molecule has 3 N–H and O–H groups in total. The van der Waals surface area contributed by atoms with Crippen LogP contribution in [-0.4, -0.2) is 40.0 Å². The highest BCUT2D eigenvalue weighted by Gasteiger charge is 2.37. The number of nitrogens with two attached hydrogens (primary N) is 1. The van der Waals surface area contributed by atoms with E-state index in [1.165, 1.54) is 0 Å². The van der Waals surface area contributed by atoms with Gasteiger partial charge in [0, 0.05) is 31.4 Å². The summed E-state index contributed by atoms with van der Waals surface area (Å²) >= 11 is 0. The number of likely N-dealkylation sites (tertiary alicyclic amines) is 1. The van der Waals surface area contributed by atoms with Gasteiger partial charge in [0.1, 0.15) is 0 Å². The molecule has 19 heavy (non-hydrogen) atoms. The molecule has 0 saturated carbocycles. The van der Waals surface area contributed by atoms with Crippen molar-refractivity contribution in [2.75, 3.05) is 13.1 Å². The Morgan fingerprint density at radius 2 is 2.26 bits per heavy atom. The Hall–Kier alpha value is -1.95. The van der Waals surface area contributed by atoms with Gasteiger partial charge in [0.2, 0.25) is 0 Å². The maximum absolute atomic E-state index is 12.3. The first-order valence-electron chi connectivity index (χ1n) is 6.20. The molecular weight excluding hydrogens is 246 g/mol. The fraction of sp³-hybridized carbons (Fsp3) is 0.462. The Bertz CT molecular complexity index is 504. The summed E-state index contributed by atoms with van der Waals surface area (Å²) in [6.45, 7) is 2.85. The van der Waals surface area contributed by atoms with E-state index in [-0.39, 0.29) is 24.9 Å². The summed E-state index contributed by atoms with van der Waals surface area (Å²) in [7, 11) is 0. The number of rotatable bonds is 3. The van der Waals surface area contributed by atoms with Gasteiger partial charge in [-0.15, -0.1) is 0 Å². The molecule has 0 aliphatic carbocycles. The van der Waals surface area contributed by atoms with Crippen molar-refractivity contribution in [3.8, 4) is 0 Å². The number of amides is 1. The summed E-state index contributed by atoms with van der Waals surface area (Å²) in [5, 5.41) is 9.07. The van der Waals surface area contributed by atoms with Gasteiger partial charge in [0.25, 0.3) is 5.91 Å². The number of carbonyl (C=O) groups excluding carboxylic acids is 1. The van der Waals surface area contributed by atoms with Crippen LogP contribution in [0.4, 0.5) is 0 Å². The van der Waals surface area contributed by atoms with Gasteiger partial charge < -0.3 is 15.7 Å². The molecule has 6 nitrogen and oxygen atoms in total. The van der Waals surface area contributed by atoms with Crippen molar-refractivity contribution in [3.63, 3.8) is 0 Å². The largest absolute Gasteiger partial charge is 0.481 e. The predicted octanol–water partition coefficient (Wildman–Crippen LogP) is 0.333. The Labute approximate surface area is 111 Å². The number of carboxylic acid groups (broad SMARTS) is 1. The summed E-state index contributed by atoms with van der Waals surface area (Å²) in [5.41, 5.74) is 6.65. The fourth-order valence-corrected chi connectivity index (χ4v) is 2.36. The smallest absolute Gasteiger partial charge is 0.308 e. The van der Waals surface area contributed by atoms with Crippen LogP contribution in [0.15, 0.2) is 18.3 Å². The minimum atomic E-state index is -0.847. The van der Waals surface area contributed by atoms with E-state index in [9.17, 15) is 9.59 Å². The summed E-state index contributed by atoms with van der Waals surface area (Å²) in [4.78, 5) is 29.0. The molecule has 2 heterocycles. The van der Waals surface area contributed by atoms with Gasteiger partial charge in [-0.25, -0.2) is 0 Å². The van der Waals surface area contributed by atoms with Crippen LogP contribution in [0.25, 0.3) is 0 Å². The van der Waals surface area contributed by atoms with Crippen molar-refractivity contribution in [1.29, 1.82) is 0 Å². The van der Waals surface area contributed by atoms with E-state index in [1.807, 2.05) is 6.92 Å². The second-order valence-corrected chi connectivity index (χ2v) is 4.87. The average Bonchev–Trinajstić information content (AvgIpc) is 2.80. The minimum Gasteiger partial charge on any atom is -0.481 e. The Kier molecular flexibility index (Phi) is 3.80. The van der Waals surface area contributed by atoms with Crippen LogP contribution in [0.5, 0.6) is 0 Å². The maximum Gasteiger partial charge on any atom is 0.308 e. The first-order valence-corrected chi connectivity index (χ1v) is 6.20. The van der Waals surface area contributed by atoms with Crippen LogP contribution in [0, 0.1) is 11.8 Å². The molecule has 102 valence electrons. The third-order valence-electron chi connectivity index (χ3n) is 3.49. The van der Waals surface area contributed by atoms with Crippen molar-refractivity contribution in [3.05, 3.63) is 29.6 Å². The van der Waals surface area contributed by atoms with E-state index in [4.69, 9.17) is 10.8 Å². The molecule has 1 saturated heterocycles. The van der Waals surface area contributed by atoms with E-state index < -0.39 is 11.9 Å². The highest BCUT2D eigenvalue weighted by molar-refractivity contribution is 5.94. The zero-order valence-corrected chi connectivity index (χ0v) is 10.7. The molecule has 0 spiro atoms. The minimum absolute atomic E-state index is 0.0303. The van der Waals surface area contributed by atoms with E-state index in [0.717, 1.165) is 0 Å². The molecule has 1 amide bonds. The normalized spacial score (nSPS) is 22.5. The number of carboxylic acids is 1. The second kappa shape index (κ2) is 5.36. The molecule has 1 aliphatic rings.